The van der Waals surface area contributed by atoms with Gasteiger partial charge in [-0.2, -0.15) is 5.21 Å². The van der Waals surface area contributed by atoms with Gasteiger partial charge in [0.2, 0.25) is 5.82 Å². The van der Waals surface area contributed by atoms with Crippen LogP contribution in [-0.2, 0) is 4.74 Å². The molecule has 1 aliphatic rings. The molecule has 1 aromatic carbocycles. The summed E-state index contributed by atoms with van der Waals surface area (Å²) in [4.78, 5) is 17.6. The van der Waals surface area contributed by atoms with Crippen LogP contribution in [0.15, 0.2) is 30.3 Å². The molecule has 0 bridgehead atoms. The van der Waals surface area contributed by atoms with Crippen LogP contribution in [0.3, 0.4) is 0 Å². The van der Waals surface area contributed by atoms with Gasteiger partial charge in [-0.1, -0.05) is 23.4 Å². The number of nitrogens with zero attached hydrogens (tertiary/aromatic N) is 4. The van der Waals surface area contributed by atoms with Crippen LogP contribution in [0.2, 0.25) is 0 Å². The van der Waals surface area contributed by atoms with Gasteiger partial charge >= 0.3 is 0 Å². The molecule has 8 nitrogen and oxygen atoms in total. The molecule has 22 heavy (non-hydrogen) atoms. The van der Waals surface area contributed by atoms with E-state index in [1.807, 2.05) is 30.3 Å². The highest BCUT2D eigenvalue weighted by Gasteiger charge is 2.29. The van der Waals surface area contributed by atoms with Crippen LogP contribution in [-0.4, -0.2) is 56.1 Å². The first kappa shape index (κ1) is 13.0. The van der Waals surface area contributed by atoms with Gasteiger partial charge in [0.25, 0.3) is 5.91 Å². The lowest BCUT2D eigenvalue weighted by Gasteiger charge is -2.31. The zero-order valence-corrected chi connectivity index (χ0v) is 11.7. The van der Waals surface area contributed by atoms with Gasteiger partial charge in [-0.25, -0.2) is 0 Å². The number of para-hydroxylation sites is 1. The molecule has 1 unspecified atom stereocenters. The Morgan fingerprint density at radius 2 is 2.27 bits per heavy atom. The molecule has 112 valence electrons. The van der Waals surface area contributed by atoms with Crippen LogP contribution in [0.1, 0.15) is 22.4 Å². The standard InChI is InChI=1S/C14H14N6O2/c21-14(11-7-9-3-1-2-4-10(9)15-11)20-5-6-22-12(8-20)13-16-18-19-17-13/h1-4,7,12,15H,5-6,8H2,(H,16,17,18,19). The largest absolute Gasteiger partial charge is 0.366 e. The average molecular weight is 298 g/mol. The van der Waals surface area contributed by atoms with Crippen molar-refractivity contribution in [3.05, 3.63) is 41.9 Å². The number of carbonyl (C=O) groups is 1. The van der Waals surface area contributed by atoms with E-state index >= 15 is 0 Å². The topological polar surface area (TPSA) is 99.8 Å². The van der Waals surface area contributed by atoms with E-state index in [-0.39, 0.29) is 12.0 Å². The monoisotopic (exact) mass is 298 g/mol. The van der Waals surface area contributed by atoms with Crippen molar-refractivity contribution in [3.8, 4) is 0 Å². The van der Waals surface area contributed by atoms with Crippen molar-refractivity contribution in [1.29, 1.82) is 0 Å². The third-order valence-electron chi connectivity index (χ3n) is 3.76. The second-order valence-electron chi connectivity index (χ2n) is 5.15. The Kier molecular flexibility index (Phi) is 3.08. The molecule has 1 atom stereocenters. The SMILES string of the molecule is O=C(c1cc2ccccc2[nH]1)N1CCOC(c2nn[nH]n2)C1. The normalized spacial score (nSPS) is 18.7. The Labute approximate surface area is 125 Å². The number of amides is 1. The highest BCUT2D eigenvalue weighted by Crippen LogP contribution is 2.21. The van der Waals surface area contributed by atoms with Gasteiger partial charge in [-0.15, -0.1) is 10.2 Å². The van der Waals surface area contributed by atoms with E-state index in [1.54, 1.807) is 4.90 Å². The molecule has 0 spiro atoms. The fraction of sp³-hybridized carbons (Fsp3) is 0.286. The van der Waals surface area contributed by atoms with E-state index in [0.29, 0.717) is 31.2 Å². The first-order chi connectivity index (χ1) is 10.8. The fourth-order valence-corrected chi connectivity index (χ4v) is 2.65. The molecular weight excluding hydrogens is 284 g/mol. The molecule has 1 amide bonds. The number of ether oxygens (including phenoxy) is 1. The van der Waals surface area contributed by atoms with Gasteiger partial charge in [0, 0.05) is 17.4 Å². The molecule has 8 heteroatoms. The Morgan fingerprint density at radius 1 is 1.36 bits per heavy atom. The number of hydrogen-bond acceptors (Lipinski definition) is 5. The van der Waals surface area contributed by atoms with Crippen molar-refractivity contribution in [2.24, 2.45) is 0 Å². The molecule has 1 fully saturated rings. The van der Waals surface area contributed by atoms with E-state index < -0.39 is 0 Å². The minimum Gasteiger partial charge on any atom is -0.366 e. The summed E-state index contributed by atoms with van der Waals surface area (Å²) in [6.07, 6.45) is -0.346. The molecule has 3 aromatic rings. The summed E-state index contributed by atoms with van der Waals surface area (Å²) in [7, 11) is 0. The van der Waals surface area contributed by atoms with Crippen LogP contribution < -0.4 is 0 Å². The summed E-state index contributed by atoms with van der Waals surface area (Å²) in [6.45, 7) is 1.40. The average Bonchev–Trinajstić information content (AvgIpc) is 3.23. The number of H-pyrrole nitrogens is 2. The third-order valence-corrected chi connectivity index (χ3v) is 3.76. The maximum absolute atomic E-state index is 12.7. The Balaban J connectivity index is 1.56. The van der Waals surface area contributed by atoms with Crippen molar-refractivity contribution in [2.45, 2.75) is 6.10 Å². The molecule has 3 heterocycles. The highest BCUT2D eigenvalue weighted by molar-refractivity contribution is 5.98. The predicted octanol–water partition coefficient (Wildman–Crippen LogP) is 0.895. The van der Waals surface area contributed by atoms with Crippen LogP contribution in [0, 0.1) is 0 Å². The van der Waals surface area contributed by atoms with Crippen LogP contribution in [0.5, 0.6) is 0 Å². The van der Waals surface area contributed by atoms with E-state index in [2.05, 4.69) is 25.6 Å². The van der Waals surface area contributed by atoms with E-state index in [1.165, 1.54) is 0 Å². The molecular formula is C14H14N6O2. The van der Waals surface area contributed by atoms with Crippen LogP contribution in [0.25, 0.3) is 10.9 Å². The summed E-state index contributed by atoms with van der Waals surface area (Å²) in [5, 5.41) is 14.8. The molecule has 0 aliphatic carbocycles. The Hall–Kier alpha value is -2.74. The van der Waals surface area contributed by atoms with E-state index in [4.69, 9.17) is 4.74 Å². The predicted molar refractivity (Wildman–Crippen MR) is 77.1 cm³/mol. The summed E-state index contributed by atoms with van der Waals surface area (Å²) in [6, 6.07) is 9.69. The van der Waals surface area contributed by atoms with Crippen molar-refractivity contribution >= 4 is 16.8 Å². The maximum Gasteiger partial charge on any atom is 0.270 e. The Bertz CT molecular complexity index is 764. The number of aromatic nitrogens is 5. The van der Waals surface area contributed by atoms with Gasteiger partial charge in [0.05, 0.1) is 13.2 Å². The molecule has 1 saturated heterocycles. The number of fused-ring (bicyclic) bond motifs is 1. The summed E-state index contributed by atoms with van der Waals surface area (Å²) in [5.41, 5.74) is 1.53. The van der Waals surface area contributed by atoms with Crippen molar-refractivity contribution in [3.63, 3.8) is 0 Å². The van der Waals surface area contributed by atoms with E-state index in [9.17, 15) is 4.79 Å². The summed E-state index contributed by atoms with van der Waals surface area (Å²) in [5.74, 6) is 0.419. The first-order valence-electron chi connectivity index (χ1n) is 7.03. The molecule has 2 N–H and O–H groups in total. The van der Waals surface area contributed by atoms with Crippen molar-refractivity contribution in [1.82, 2.24) is 30.5 Å². The number of benzene rings is 1. The van der Waals surface area contributed by atoms with Gasteiger partial charge in [0.1, 0.15) is 11.8 Å². The second-order valence-corrected chi connectivity index (χ2v) is 5.15. The number of nitrogens with one attached hydrogen (secondary N) is 2. The number of hydrogen-bond donors (Lipinski definition) is 2. The van der Waals surface area contributed by atoms with E-state index in [0.717, 1.165) is 10.9 Å². The zero-order chi connectivity index (χ0) is 14.9. The lowest BCUT2D eigenvalue weighted by atomic mass is 10.2. The number of rotatable bonds is 2. The number of carbonyl (C=O) groups excluding carboxylic acids is 1. The molecule has 4 rings (SSSR count). The molecule has 0 radical (unpaired) electrons. The lowest BCUT2D eigenvalue weighted by Crippen LogP contribution is -2.42. The Morgan fingerprint density at radius 3 is 3.09 bits per heavy atom. The minimum atomic E-state index is -0.346. The number of tetrazole rings is 1. The minimum absolute atomic E-state index is 0.0482. The molecule has 0 saturated carbocycles. The molecule has 2 aromatic heterocycles. The first-order valence-corrected chi connectivity index (χ1v) is 7.03. The third kappa shape index (κ3) is 2.23. The van der Waals surface area contributed by atoms with Crippen molar-refractivity contribution in [2.75, 3.05) is 19.7 Å². The highest BCUT2D eigenvalue weighted by atomic mass is 16.5. The van der Waals surface area contributed by atoms with Crippen molar-refractivity contribution < 1.29 is 9.53 Å². The zero-order valence-electron chi connectivity index (χ0n) is 11.7. The lowest BCUT2D eigenvalue weighted by molar-refractivity contribution is -0.0269. The second kappa shape index (κ2) is 5.23. The summed E-state index contributed by atoms with van der Waals surface area (Å²) >= 11 is 0. The molecule has 1 aliphatic heterocycles. The van der Waals surface area contributed by atoms with Crippen LogP contribution >= 0.6 is 0 Å². The quantitative estimate of drug-likeness (QED) is 0.732. The smallest absolute Gasteiger partial charge is 0.270 e. The fourth-order valence-electron chi connectivity index (χ4n) is 2.65. The van der Waals surface area contributed by atoms with Gasteiger partial charge in [0.15, 0.2) is 0 Å². The van der Waals surface area contributed by atoms with Gasteiger partial charge in [-0.3, -0.25) is 4.79 Å². The van der Waals surface area contributed by atoms with Gasteiger partial charge in [-0.05, 0) is 12.1 Å². The van der Waals surface area contributed by atoms with Crippen LogP contribution in [0.4, 0.5) is 0 Å². The van der Waals surface area contributed by atoms with Gasteiger partial charge < -0.3 is 14.6 Å². The maximum atomic E-state index is 12.7. The number of aromatic amines is 2. The summed E-state index contributed by atoms with van der Waals surface area (Å²) < 4.78 is 5.61. The number of morpholine rings is 1.